The van der Waals surface area contributed by atoms with Crippen LogP contribution < -0.4 is 0 Å². The Labute approximate surface area is 105 Å². The van der Waals surface area contributed by atoms with E-state index in [0.29, 0.717) is 23.5 Å². The van der Waals surface area contributed by atoms with Gasteiger partial charge in [0.2, 0.25) is 5.09 Å². The Bertz CT molecular complexity index is 619. The molecule has 2 aromatic heterocycles. The molecule has 0 N–H and O–H groups in total. The van der Waals surface area contributed by atoms with Gasteiger partial charge in [-0.1, -0.05) is 11.3 Å². The van der Waals surface area contributed by atoms with Crippen LogP contribution in [-0.2, 0) is 18.5 Å². The number of halogens is 1. The summed E-state index contributed by atoms with van der Waals surface area (Å²) >= 11 is 1.29. The predicted octanol–water partition coefficient (Wildman–Crippen LogP) is 2.47. The van der Waals surface area contributed by atoms with Gasteiger partial charge in [-0.25, -0.2) is 8.42 Å². The van der Waals surface area contributed by atoms with Gasteiger partial charge in [-0.2, -0.15) is 0 Å². The van der Waals surface area contributed by atoms with Crippen molar-refractivity contribution in [3.05, 3.63) is 17.0 Å². The molecular formula is C9H7ClO5S2. The summed E-state index contributed by atoms with van der Waals surface area (Å²) in [5.41, 5.74) is 0. The van der Waals surface area contributed by atoms with Gasteiger partial charge >= 0.3 is 0 Å². The summed E-state index contributed by atoms with van der Waals surface area (Å²) in [7, 11) is 1.37. The van der Waals surface area contributed by atoms with Gasteiger partial charge in [-0.05, 0) is 6.07 Å². The lowest BCUT2D eigenvalue weighted by atomic mass is 10.3. The van der Waals surface area contributed by atoms with E-state index in [1.165, 1.54) is 17.4 Å². The molecule has 0 saturated carbocycles. The lowest BCUT2D eigenvalue weighted by Gasteiger charge is -2.03. The minimum Gasteiger partial charge on any atom is -0.433 e. The van der Waals surface area contributed by atoms with Crippen LogP contribution in [0.3, 0.4) is 0 Å². The van der Waals surface area contributed by atoms with Crippen LogP contribution in [0.25, 0.3) is 10.3 Å². The quantitative estimate of drug-likeness (QED) is 0.796. The molecule has 1 aliphatic rings. The highest BCUT2D eigenvalue weighted by atomic mass is 35.7. The Morgan fingerprint density at radius 1 is 1.29 bits per heavy atom. The summed E-state index contributed by atoms with van der Waals surface area (Å²) in [6, 6.07) is 3.18. The van der Waals surface area contributed by atoms with Crippen molar-refractivity contribution in [2.24, 2.45) is 0 Å². The van der Waals surface area contributed by atoms with Crippen LogP contribution in [0.1, 0.15) is 11.2 Å². The normalized spacial score (nSPS) is 18.2. The van der Waals surface area contributed by atoms with Gasteiger partial charge in [0, 0.05) is 22.1 Å². The first-order chi connectivity index (χ1) is 8.04. The molecule has 0 atom stereocenters. The monoisotopic (exact) mass is 294 g/mol. The second-order valence-electron chi connectivity index (χ2n) is 3.47. The molecule has 92 valence electrons. The molecule has 2 aromatic rings. The van der Waals surface area contributed by atoms with Crippen LogP contribution in [-0.4, -0.2) is 21.6 Å². The molecule has 0 aliphatic carbocycles. The second kappa shape index (κ2) is 3.96. The minimum atomic E-state index is -3.82. The Hall–Kier alpha value is -0.600. The van der Waals surface area contributed by atoms with Crippen LogP contribution in [0, 0.1) is 0 Å². The second-order valence-corrected chi connectivity index (χ2v) is 7.01. The fourth-order valence-electron chi connectivity index (χ4n) is 1.59. The molecule has 8 heteroatoms. The van der Waals surface area contributed by atoms with E-state index in [1.807, 2.05) is 0 Å². The average molecular weight is 295 g/mol. The van der Waals surface area contributed by atoms with Gasteiger partial charge in [-0.3, -0.25) is 0 Å². The van der Waals surface area contributed by atoms with E-state index in [0.717, 1.165) is 4.88 Å². The molecule has 0 radical (unpaired) electrons. The SMILES string of the molecule is O=S(=O)(Cl)c1cc2cc(C3OCCO3)sc2o1. The smallest absolute Gasteiger partial charge is 0.294 e. The highest BCUT2D eigenvalue weighted by Crippen LogP contribution is 2.37. The number of fused-ring (bicyclic) bond motifs is 1. The van der Waals surface area contributed by atoms with E-state index < -0.39 is 9.05 Å². The van der Waals surface area contributed by atoms with Crippen molar-refractivity contribution in [2.45, 2.75) is 11.4 Å². The highest BCUT2D eigenvalue weighted by molar-refractivity contribution is 8.13. The van der Waals surface area contributed by atoms with E-state index in [-0.39, 0.29) is 11.4 Å². The van der Waals surface area contributed by atoms with Gasteiger partial charge < -0.3 is 13.9 Å². The molecular weight excluding hydrogens is 288 g/mol. The number of ether oxygens (including phenoxy) is 2. The number of hydrogen-bond donors (Lipinski definition) is 0. The van der Waals surface area contributed by atoms with Crippen LogP contribution in [0.15, 0.2) is 21.6 Å². The third kappa shape index (κ3) is 2.09. The topological polar surface area (TPSA) is 65.7 Å². The third-order valence-corrected chi connectivity index (χ3v) is 4.49. The number of thiophene rings is 1. The fraction of sp³-hybridized carbons (Fsp3) is 0.333. The summed E-state index contributed by atoms with van der Waals surface area (Å²) in [4.78, 5) is 1.35. The van der Waals surface area contributed by atoms with Gasteiger partial charge in [0.05, 0.1) is 18.1 Å². The van der Waals surface area contributed by atoms with Gasteiger partial charge in [-0.15, -0.1) is 0 Å². The maximum atomic E-state index is 11.1. The molecule has 3 heterocycles. The Morgan fingerprint density at radius 2 is 2.00 bits per heavy atom. The van der Waals surface area contributed by atoms with Gasteiger partial charge in [0.15, 0.2) is 11.2 Å². The number of hydrogen-bond acceptors (Lipinski definition) is 6. The maximum absolute atomic E-state index is 11.1. The van der Waals surface area contributed by atoms with Crippen molar-refractivity contribution in [1.29, 1.82) is 0 Å². The molecule has 0 aromatic carbocycles. The summed E-state index contributed by atoms with van der Waals surface area (Å²) in [6.45, 7) is 1.12. The largest absolute Gasteiger partial charge is 0.433 e. The molecule has 17 heavy (non-hydrogen) atoms. The zero-order chi connectivity index (χ0) is 12.0. The zero-order valence-electron chi connectivity index (χ0n) is 8.38. The first-order valence-electron chi connectivity index (χ1n) is 4.75. The molecule has 1 fully saturated rings. The fourth-order valence-corrected chi connectivity index (χ4v) is 3.33. The summed E-state index contributed by atoms with van der Waals surface area (Å²) < 4.78 is 38.0. The molecule has 0 bridgehead atoms. The highest BCUT2D eigenvalue weighted by Gasteiger charge is 2.23. The molecule has 0 spiro atoms. The van der Waals surface area contributed by atoms with Crippen molar-refractivity contribution in [3.8, 4) is 0 Å². The average Bonchev–Trinajstić information content (AvgIpc) is 2.90. The Morgan fingerprint density at radius 3 is 2.59 bits per heavy atom. The molecule has 0 amide bonds. The predicted molar refractivity (Wildman–Crippen MR) is 61.8 cm³/mol. The van der Waals surface area contributed by atoms with E-state index in [2.05, 4.69) is 0 Å². The summed E-state index contributed by atoms with van der Waals surface area (Å²) in [5, 5.41) is 0.448. The molecule has 3 rings (SSSR count). The van der Waals surface area contributed by atoms with Crippen molar-refractivity contribution in [1.82, 2.24) is 0 Å². The van der Waals surface area contributed by atoms with Crippen molar-refractivity contribution >= 4 is 41.4 Å². The van der Waals surface area contributed by atoms with Crippen LogP contribution in [0.4, 0.5) is 0 Å². The lowest BCUT2D eigenvalue weighted by Crippen LogP contribution is -1.93. The van der Waals surface area contributed by atoms with E-state index in [9.17, 15) is 8.42 Å². The first-order valence-corrected chi connectivity index (χ1v) is 7.88. The zero-order valence-corrected chi connectivity index (χ0v) is 10.8. The van der Waals surface area contributed by atoms with Gasteiger partial charge in [0.1, 0.15) is 0 Å². The minimum absolute atomic E-state index is 0.236. The third-order valence-electron chi connectivity index (χ3n) is 2.31. The molecule has 0 unspecified atom stereocenters. The number of rotatable bonds is 2. The molecule has 1 aliphatic heterocycles. The van der Waals surface area contributed by atoms with Crippen LogP contribution in [0.2, 0.25) is 0 Å². The van der Waals surface area contributed by atoms with E-state index in [4.69, 9.17) is 24.6 Å². The van der Waals surface area contributed by atoms with Crippen molar-refractivity contribution < 1.29 is 22.3 Å². The Kier molecular flexibility index (Phi) is 2.68. The summed E-state index contributed by atoms with van der Waals surface area (Å²) in [6.07, 6.45) is -0.376. The van der Waals surface area contributed by atoms with Gasteiger partial charge in [0.25, 0.3) is 9.05 Å². The maximum Gasteiger partial charge on any atom is 0.294 e. The standard InChI is InChI=1S/C9H7ClO5S2/c10-17(11,12)7-4-5-3-6(16-9(5)15-7)8-13-1-2-14-8/h3-4,8H,1-2H2. The van der Waals surface area contributed by atoms with Crippen LogP contribution >= 0.6 is 22.0 Å². The lowest BCUT2D eigenvalue weighted by molar-refractivity contribution is -0.0412. The first kappa shape index (κ1) is 11.5. The molecule has 5 nitrogen and oxygen atoms in total. The Balaban J connectivity index is 2.01. The van der Waals surface area contributed by atoms with E-state index >= 15 is 0 Å². The van der Waals surface area contributed by atoms with Crippen molar-refractivity contribution in [3.63, 3.8) is 0 Å². The summed E-state index contributed by atoms with van der Waals surface area (Å²) in [5.74, 6) is 0. The number of furan rings is 1. The van der Waals surface area contributed by atoms with Crippen LogP contribution in [0.5, 0.6) is 0 Å². The van der Waals surface area contributed by atoms with Crippen molar-refractivity contribution in [2.75, 3.05) is 13.2 Å². The molecule has 1 saturated heterocycles. The van der Waals surface area contributed by atoms with E-state index in [1.54, 1.807) is 6.07 Å².